The van der Waals surface area contributed by atoms with Crippen molar-refractivity contribution in [1.82, 2.24) is 15.2 Å². The number of aromatic nitrogens is 1. The molecule has 1 amide bonds. The quantitative estimate of drug-likeness (QED) is 0.927. The largest absolute Gasteiger partial charge is 0.346 e. The Morgan fingerprint density at radius 2 is 1.92 bits per heavy atom. The summed E-state index contributed by atoms with van der Waals surface area (Å²) in [5, 5.41) is 3.40. The van der Waals surface area contributed by atoms with E-state index >= 15 is 0 Å². The van der Waals surface area contributed by atoms with E-state index in [-0.39, 0.29) is 11.9 Å². The zero-order valence-corrected chi connectivity index (χ0v) is 13.8. The van der Waals surface area contributed by atoms with Crippen LogP contribution in [0.15, 0.2) is 24.4 Å². The minimum absolute atomic E-state index is 0.166. The Labute approximate surface area is 142 Å². The number of nitrogens with one attached hydrogen (secondary N) is 1. The molecule has 0 unspecified atom stereocenters. The van der Waals surface area contributed by atoms with E-state index in [4.69, 9.17) is 0 Å². The summed E-state index contributed by atoms with van der Waals surface area (Å²) in [5.74, 6) is -0.953. The predicted octanol–water partition coefficient (Wildman–Crippen LogP) is 2.91. The third-order valence-electron chi connectivity index (χ3n) is 4.82. The third-order valence-corrected chi connectivity index (χ3v) is 5.86. The SMILES string of the molecule is O=C(N[C@H]1CN2CCC1CC2)c1ncc(-c2cc(F)cc(F)c2)s1. The van der Waals surface area contributed by atoms with Crippen molar-refractivity contribution < 1.29 is 13.6 Å². The second-order valence-corrected chi connectivity index (χ2v) is 7.44. The molecule has 0 saturated carbocycles. The van der Waals surface area contributed by atoms with E-state index in [2.05, 4.69) is 15.2 Å². The molecular formula is C17H17F2N3OS. The van der Waals surface area contributed by atoms with Crippen molar-refractivity contribution in [3.05, 3.63) is 41.0 Å². The second-order valence-electron chi connectivity index (χ2n) is 6.41. The number of benzene rings is 1. The molecule has 3 saturated heterocycles. The highest BCUT2D eigenvalue weighted by atomic mass is 32.1. The average molecular weight is 349 g/mol. The Balaban J connectivity index is 1.49. The van der Waals surface area contributed by atoms with E-state index < -0.39 is 11.6 Å². The Hall–Kier alpha value is -1.86. The number of hydrogen-bond acceptors (Lipinski definition) is 4. The smallest absolute Gasteiger partial charge is 0.280 e. The van der Waals surface area contributed by atoms with E-state index in [0.29, 0.717) is 21.4 Å². The summed E-state index contributed by atoms with van der Waals surface area (Å²) in [6.07, 6.45) is 3.73. The van der Waals surface area contributed by atoms with Gasteiger partial charge in [-0.2, -0.15) is 0 Å². The molecular weight excluding hydrogens is 332 g/mol. The third kappa shape index (κ3) is 3.06. The van der Waals surface area contributed by atoms with E-state index in [0.717, 1.165) is 49.9 Å². The maximum absolute atomic E-state index is 13.3. The molecule has 1 aromatic carbocycles. The van der Waals surface area contributed by atoms with Crippen LogP contribution < -0.4 is 5.32 Å². The predicted molar refractivity (Wildman–Crippen MR) is 87.9 cm³/mol. The fourth-order valence-corrected chi connectivity index (χ4v) is 4.37. The topological polar surface area (TPSA) is 45.2 Å². The van der Waals surface area contributed by atoms with Crippen LogP contribution in [0.4, 0.5) is 8.78 Å². The van der Waals surface area contributed by atoms with Gasteiger partial charge in [0.25, 0.3) is 5.91 Å². The molecule has 0 radical (unpaired) electrons. The van der Waals surface area contributed by atoms with Crippen molar-refractivity contribution in [3.63, 3.8) is 0 Å². The Kier molecular flexibility index (Phi) is 4.05. The zero-order valence-electron chi connectivity index (χ0n) is 13.0. The van der Waals surface area contributed by atoms with Crippen molar-refractivity contribution in [2.75, 3.05) is 19.6 Å². The number of carbonyl (C=O) groups is 1. The fraction of sp³-hybridized carbons (Fsp3) is 0.412. The standard InChI is InChI=1S/C17H17F2N3OS/c18-12-5-11(6-13(19)7-12)15-8-20-17(24-15)16(23)21-14-9-22-3-1-10(14)2-4-22/h5-8,10,14H,1-4,9H2,(H,21,23)/t14-/m0/s1. The van der Waals surface area contributed by atoms with Gasteiger partial charge in [-0.3, -0.25) is 4.79 Å². The number of hydrogen-bond donors (Lipinski definition) is 1. The molecule has 4 nitrogen and oxygen atoms in total. The van der Waals surface area contributed by atoms with Crippen LogP contribution in [0.2, 0.25) is 0 Å². The average Bonchev–Trinajstić information content (AvgIpc) is 3.05. The fourth-order valence-electron chi connectivity index (χ4n) is 3.57. The molecule has 24 heavy (non-hydrogen) atoms. The Morgan fingerprint density at radius 1 is 1.21 bits per heavy atom. The normalized spacial score (nSPS) is 25.7. The number of fused-ring (bicyclic) bond motifs is 3. The van der Waals surface area contributed by atoms with Crippen LogP contribution in [0.25, 0.3) is 10.4 Å². The number of rotatable bonds is 3. The highest BCUT2D eigenvalue weighted by Crippen LogP contribution is 2.29. The van der Waals surface area contributed by atoms with Gasteiger partial charge in [-0.05, 0) is 49.5 Å². The van der Waals surface area contributed by atoms with E-state index in [1.807, 2.05) is 0 Å². The molecule has 126 valence electrons. The van der Waals surface area contributed by atoms with Crippen molar-refractivity contribution in [3.8, 4) is 10.4 Å². The van der Waals surface area contributed by atoms with Crippen LogP contribution in [0.3, 0.4) is 0 Å². The van der Waals surface area contributed by atoms with Crippen molar-refractivity contribution in [2.45, 2.75) is 18.9 Å². The summed E-state index contributed by atoms with van der Waals surface area (Å²) < 4.78 is 26.7. The summed E-state index contributed by atoms with van der Waals surface area (Å²) in [7, 11) is 0. The minimum atomic E-state index is -0.642. The van der Waals surface area contributed by atoms with Crippen LogP contribution in [0.1, 0.15) is 22.6 Å². The lowest BCUT2D eigenvalue weighted by molar-refractivity contribution is 0.0620. The molecule has 3 fully saturated rings. The molecule has 4 heterocycles. The lowest BCUT2D eigenvalue weighted by Gasteiger charge is -2.44. The maximum Gasteiger partial charge on any atom is 0.280 e. The van der Waals surface area contributed by atoms with Gasteiger partial charge in [-0.25, -0.2) is 13.8 Å². The molecule has 0 spiro atoms. The van der Waals surface area contributed by atoms with Gasteiger partial charge in [-0.15, -0.1) is 11.3 Å². The minimum Gasteiger partial charge on any atom is -0.346 e. The number of amides is 1. The number of carbonyl (C=O) groups excluding carboxylic acids is 1. The Morgan fingerprint density at radius 3 is 2.54 bits per heavy atom. The summed E-state index contributed by atoms with van der Waals surface area (Å²) in [6.45, 7) is 3.12. The number of thiazole rings is 1. The molecule has 5 rings (SSSR count). The lowest BCUT2D eigenvalue weighted by Crippen LogP contribution is -2.57. The van der Waals surface area contributed by atoms with Gasteiger partial charge < -0.3 is 10.2 Å². The van der Waals surface area contributed by atoms with Gasteiger partial charge in [0.15, 0.2) is 5.01 Å². The van der Waals surface area contributed by atoms with Crippen LogP contribution in [0, 0.1) is 17.6 Å². The van der Waals surface area contributed by atoms with Crippen molar-refractivity contribution in [2.24, 2.45) is 5.92 Å². The number of nitrogens with zero attached hydrogens (tertiary/aromatic N) is 2. The first-order valence-electron chi connectivity index (χ1n) is 8.04. The highest BCUT2D eigenvalue weighted by molar-refractivity contribution is 7.16. The summed E-state index contributed by atoms with van der Waals surface area (Å²) >= 11 is 1.15. The van der Waals surface area contributed by atoms with Gasteiger partial charge in [0.05, 0.1) is 4.88 Å². The lowest BCUT2D eigenvalue weighted by atomic mass is 9.84. The van der Waals surface area contributed by atoms with E-state index in [1.165, 1.54) is 18.3 Å². The van der Waals surface area contributed by atoms with Crippen LogP contribution >= 0.6 is 11.3 Å². The van der Waals surface area contributed by atoms with Crippen LogP contribution in [-0.4, -0.2) is 41.5 Å². The first-order valence-corrected chi connectivity index (χ1v) is 8.85. The van der Waals surface area contributed by atoms with Crippen molar-refractivity contribution in [1.29, 1.82) is 0 Å². The van der Waals surface area contributed by atoms with E-state index in [9.17, 15) is 13.6 Å². The molecule has 1 N–H and O–H groups in total. The van der Waals surface area contributed by atoms with Gasteiger partial charge in [0, 0.05) is 24.8 Å². The summed E-state index contributed by atoms with van der Waals surface area (Å²) in [4.78, 5) is 19.5. The molecule has 7 heteroatoms. The van der Waals surface area contributed by atoms with Gasteiger partial charge in [-0.1, -0.05) is 0 Å². The molecule has 2 bridgehead atoms. The van der Waals surface area contributed by atoms with Crippen LogP contribution in [-0.2, 0) is 0 Å². The molecule has 2 aromatic rings. The van der Waals surface area contributed by atoms with Gasteiger partial charge >= 0.3 is 0 Å². The second kappa shape index (κ2) is 6.22. The molecule has 3 aliphatic heterocycles. The summed E-state index contributed by atoms with van der Waals surface area (Å²) in [5.41, 5.74) is 0.395. The van der Waals surface area contributed by atoms with Gasteiger partial charge in [0.1, 0.15) is 11.6 Å². The zero-order chi connectivity index (χ0) is 16.7. The molecule has 0 aliphatic carbocycles. The molecule has 1 aromatic heterocycles. The number of halogens is 2. The molecule has 3 aliphatic rings. The Bertz CT molecular complexity index is 751. The monoisotopic (exact) mass is 349 g/mol. The first-order chi connectivity index (χ1) is 11.6. The highest BCUT2D eigenvalue weighted by Gasteiger charge is 2.35. The van der Waals surface area contributed by atoms with Crippen molar-refractivity contribution >= 4 is 17.2 Å². The number of piperidine rings is 3. The molecule has 1 atom stereocenters. The summed E-state index contributed by atoms with van der Waals surface area (Å²) in [6, 6.07) is 3.47. The van der Waals surface area contributed by atoms with Gasteiger partial charge in [0.2, 0.25) is 0 Å². The first kappa shape index (κ1) is 15.7. The van der Waals surface area contributed by atoms with E-state index in [1.54, 1.807) is 0 Å². The van der Waals surface area contributed by atoms with Crippen LogP contribution in [0.5, 0.6) is 0 Å². The maximum atomic E-state index is 13.3.